The number of rotatable bonds is 8. The molecule has 7 heteroatoms. The molecule has 26 heavy (non-hydrogen) atoms. The maximum Gasteiger partial charge on any atom is 0.303 e. The first-order valence-electron chi connectivity index (χ1n) is 8.13. The number of aliphatic carboxylic acids is 1. The van der Waals surface area contributed by atoms with E-state index in [4.69, 9.17) is 9.84 Å². The van der Waals surface area contributed by atoms with Crippen LogP contribution in [0.2, 0.25) is 0 Å². The molecule has 0 heterocycles. The molecule has 0 radical (unpaired) electrons. The molecule has 0 saturated carbocycles. The molecule has 2 aromatic rings. The van der Waals surface area contributed by atoms with Crippen molar-refractivity contribution in [3.8, 4) is 5.75 Å². The molecule has 4 nitrogen and oxygen atoms in total. The number of ether oxygens (including phenoxy) is 1. The van der Waals surface area contributed by atoms with E-state index in [0.29, 0.717) is 26.7 Å². The van der Waals surface area contributed by atoms with Crippen molar-refractivity contribution in [1.82, 2.24) is 0 Å². The Morgan fingerprint density at radius 3 is 2.46 bits per heavy atom. The fourth-order valence-electron chi connectivity index (χ4n) is 2.40. The summed E-state index contributed by atoms with van der Waals surface area (Å²) in [5, 5.41) is 12.0. The van der Waals surface area contributed by atoms with Gasteiger partial charge in [0.2, 0.25) is 0 Å². The fourth-order valence-corrected chi connectivity index (χ4v) is 3.91. The van der Waals surface area contributed by atoms with Gasteiger partial charge in [-0.15, -0.1) is 0 Å². The molecule has 0 aliphatic carbocycles. The number of hydrogen-bond donors (Lipinski definition) is 2. The first kappa shape index (κ1) is 20.7. The van der Waals surface area contributed by atoms with Crippen LogP contribution in [0.25, 0.3) is 0 Å². The summed E-state index contributed by atoms with van der Waals surface area (Å²) < 4.78 is 21.2. The second-order valence-corrected chi connectivity index (χ2v) is 7.88. The van der Waals surface area contributed by atoms with Crippen molar-refractivity contribution in [2.45, 2.75) is 39.3 Å². The van der Waals surface area contributed by atoms with E-state index in [0.717, 1.165) is 11.3 Å². The average molecular weight is 489 g/mol. The van der Waals surface area contributed by atoms with Gasteiger partial charge in [-0.1, -0.05) is 0 Å². The summed E-state index contributed by atoms with van der Waals surface area (Å²) >= 11 is 6.87. The van der Waals surface area contributed by atoms with Crippen molar-refractivity contribution in [3.05, 3.63) is 56.2 Å². The molecule has 0 unspecified atom stereocenters. The Bertz CT molecular complexity index is 773. The first-order chi connectivity index (χ1) is 12.3. The predicted octanol–water partition coefficient (Wildman–Crippen LogP) is 5.77. The summed E-state index contributed by atoms with van der Waals surface area (Å²) in [6.07, 6.45) is 0.476. The Balaban J connectivity index is 2.13. The molecule has 2 aromatic carbocycles. The number of carboxylic acid groups (broad SMARTS) is 1. The maximum absolute atomic E-state index is 14.1. The highest BCUT2D eigenvalue weighted by atomic mass is 79.9. The molecule has 0 amide bonds. The number of carbonyl (C=O) groups is 1. The van der Waals surface area contributed by atoms with E-state index in [1.807, 2.05) is 26.0 Å². The number of aryl methyl sites for hydroxylation is 1. The van der Waals surface area contributed by atoms with Gasteiger partial charge in [0.05, 0.1) is 8.95 Å². The minimum absolute atomic E-state index is 0.0555. The molecule has 0 spiro atoms. The van der Waals surface area contributed by atoms with Crippen LogP contribution in [0.5, 0.6) is 5.75 Å². The van der Waals surface area contributed by atoms with Crippen LogP contribution in [-0.2, 0) is 17.8 Å². The molecule has 2 rings (SSSR count). The third-order valence-corrected chi connectivity index (χ3v) is 4.74. The molecule has 0 atom stereocenters. The predicted molar refractivity (Wildman–Crippen MR) is 107 cm³/mol. The largest absolute Gasteiger partial charge is 0.486 e. The molecule has 2 N–H and O–H groups in total. The Labute approximate surface area is 169 Å². The second kappa shape index (κ2) is 9.37. The van der Waals surface area contributed by atoms with Crippen LogP contribution in [0, 0.1) is 5.82 Å². The van der Waals surface area contributed by atoms with Crippen LogP contribution < -0.4 is 10.1 Å². The smallest absolute Gasteiger partial charge is 0.303 e. The molecule has 0 fully saturated rings. The van der Waals surface area contributed by atoms with Crippen LogP contribution in [0.3, 0.4) is 0 Å². The molecule has 0 aromatic heterocycles. The van der Waals surface area contributed by atoms with E-state index in [1.165, 1.54) is 6.07 Å². The van der Waals surface area contributed by atoms with Gasteiger partial charge in [-0.3, -0.25) is 4.79 Å². The van der Waals surface area contributed by atoms with Gasteiger partial charge < -0.3 is 15.2 Å². The lowest BCUT2D eigenvalue weighted by molar-refractivity contribution is -0.136. The van der Waals surface area contributed by atoms with Gasteiger partial charge >= 0.3 is 5.97 Å². The number of benzene rings is 2. The maximum atomic E-state index is 14.1. The quantitative estimate of drug-likeness (QED) is 0.495. The van der Waals surface area contributed by atoms with Gasteiger partial charge in [-0.2, -0.15) is 0 Å². The summed E-state index contributed by atoms with van der Waals surface area (Å²) in [7, 11) is 0. The Kier molecular flexibility index (Phi) is 7.46. The molecule has 0 saturated heterocycles. The minimum atomic E-state index is -0.845. The number of halogens is 3. The van der Waals surface area contributed by atoms with Crippen molar-refractivity contribution < 1.29 is 19.0 Å². The highest BCUT2D eigenvalue weighted by Gasteiger charge is 2.12. The van der Waals surface area contributed by atoms with E-state index in [-0.39, 0.29) is 24.9 Å². The lowest BCUT2D eigenvalue weighted by Crippen LogP contribution is -2.10. The van der Waals surface area contributed by atoms with Gasteiger partial charge in [-0.25, -0.2) is 4.39 Å². The average Bonchev–Trinajstić information content (AvgIpc) is 2.54. The van der Waals surface area contributed by atoms with Crippen LogP contribution >= 0.6 is 31.9 Å². The van der Waals surface area contributed by atoms with Gasteiger partial charge in [0.1, 0.15) is 18.2 Å². The Morgan fingerprint density at radius 2 is 1.88 bits per heavy atom. The lowest BCUT2D eigenvalue weighted by atomic mass is 10.1. The molecular weight excluding hydrogens is 469 g/mol. The van der Waals surface area contributed by atoms with Crippen molar-refractivity contribution in [3.63, 3.8) is 0 Å². The minimum Gasteiger partial charge on any atom is -0.486 e. The van der Waals surface area contributed by atoms with E-state index >= 15 is 0 Å². The Hall–Kier alpha value is -1.60. The van der Waals surface area contributed by atoms with Crippen molar-refractivity contribution in [1.29, 1.82) is 0 Å². The fraction of sp³-hybridized carbons (Fsp3) is 0.316. The van der Waals surface area contributed by atoms with Crippen molar-refractivity contribution in [2.24, 2.45) is 0 Å². The van der Waals surface area contributed by atoms with E-state index in [2.05, 4.69) is 37.2 Å². The molecule has 0 aliphatic heterocycles. The second-order valence-electron chi connectivity index (χ2n) is 6.18. The van der Waals surface area contributed by atoms with Crippen LogP contribution in [0.15, 0.2) is 39.3 Å². The summed E-state index contributed by atoms with van der Waals surface area (Å²) in [5.41, 5.74) is 2.15. The molecule has 0 bridgehead atoms. The number of carboxylic acids is 1. The topological polar surface area (TPSA) is 58.6 Å². The Morgan fingerprint density at radius 1 is 1.23 bits per heavy atom. The normalized spacial score (nSPS) is 10.8. The molecule has 0 aliphatic rings. The van der Waals surface area contributed by atoms with Gasteiger partial charge in [0.25, 0.3) is 0 Å². The zero-order chi connectivity index (χ0) is 19.3. The zero-order valence-corrected chi connectivity index (χ0v) is 17.7. The van der Waals surface area contributed by atoms with Gasteiger partial charge in [0.15, 0.2) is 0 Å². The zero-order valence-electron chi connectivity index (χ0n) is 14.5. The third-order valence-electron chi connectivity index (χ3n) is 3.56. The SMILES string of the molecule is CC(C)Nc1ccc(F)c(COc2c(Br)cc(CCC(=O)O)cc2Br)c1. The highest BCUT2D eigenvalue weighted by molar-refractivity contribution is 9.11. The van der Waals surface area contributed by atoms with E-state index in [1.54, 1.807) is 12.1 Å². The van der Waals surface area contributed by atoms with Crippen LogP contribution in [-0.4, -0.2) is 17.1 Å². The summed E-state index contributed by atoms with van der Waals surface area (Å²) in [6, 6.07) is 8.73. The first-order valence-corrected chi connectivity index (χ1v) is 9.72. The van der Waals surface area contributed by atoms with E-state index in [9.17, 15) is 9.18 Å². The van der Waals surface area contributed by atoms with E-state index < -0.39 is 5.97 Å². The summed E-state index contributed by atoms with van der Waals surface area (Å²) in [5.74, 6) is -0.627. The van der Waals surface area contributed by atoms with Crippen LogP contribution in [0.4, 0.5) is 10.1 Å². The number of anilines is 1. The number of hydrogen-bond acceptors (Lipinski definition) is 3. The molecular formula is C19H20Br2FNO3. The monoisotopic (exact) mass is 487 g/mol. The van der Waals surface area contributed by atoms with Crippen molar-refractivity contribution >= 4 is 43.5 Å². The van der Waals surface area contributed by atoms with Crippen LogP contribution in [0.1, 0.15) is 31.4 Å². The van der Waals surface area contributed by atoms with Crippen molar-refractivity contribution in [2.75, 3.05) is 5.32 Å². The van der Waals surface area contributed by atoms with Gasteiger partial charge in [0, 0.05) is 23.7 Å². The number of nitrogens with one attached hydrogen (secondary N) is 1. The summed E-state index contributed by atoms with van der Waals surface area (Å²) in [4.78, 5) is 10.7. The summed E-state index contributed by atoms with van der Waals surface area (Å²) in [6.45, 7) is 4.10. The third kappa shape index (κ3) is 5.99. The van der Waals surface area contributed by atoms with Gasteiger partial charge in [-0.05, 0) is 88.0 Å². The standard InChI is InChI=1S/C19H20Br2FNO3/c1-11(2)23-14-4-5-17(22)13(9-14)10-26-19-15(20)7-12(8-16(19)21)3-6-18(24)25/h4-5,7-9,11,23H,3,6,10H2,1-2H3,(H,24,25). The highest BCUT2D eigenvalue weighted by Crippen LogP contribution is 2.36. The lowest BCUT2D eigenvalue weighted by Gasteiger charge is -2.15. The molecule has 140 valence electrons.